The first-order valence-corrected chi connectivity index (χ1v) is 6.09. The Morgan fingerprint density at radius 2 is 2.24 bits per heavy atom. The summed E-state index contributed by atoms with van der Waals surface area (Å²) in [5.41, 5.74) is 0.940. The molecule has 0 aliphatic carbocycles. The minimum atomic E-state index is -0.277. The van der Waals surface area contributed by atoms with Gasteiger partial charge in [-0.05, 0) is 25.5 Å². The summed E-state index contributed by atoms with van der Waals surface area (Å²) < 4.78 is 10.7. The van der Waals surface area contributed by atoms with Crippen molar-refractivity contribution in [2.24, 2.45) is 5.41 Å². The van der Waals surface area contributed by atoms with E-state index in [4.69, 9.17) is 9.47 Å². The molecule has 0 bridgehead atoms. The number of allylic oxidation sites excluding steroid dienone is 2. The molecule has 0 aromatic rings. The monoisotopic (exact) mass is 238 g/mol. The first kappa shape index (κ1) is 13.8. The number of esters is 1. The van der Waals surface area contributed by atoms with Crippen molar-refractivity contribution < 1.29 is 14.3 Å². The number of ether oxygens (including phenoxy) is 2. The predicted molar refractivity (Wildman–Crippen MR) is 67.4 cm³/mol. The second-order valence-electron chi connectivity index (χ2n) is 5.36. The Morgan fingerprint density at radius 3 is 2.76 bits per heavy atom. The first-order chi connectivity index (χ1) is 7.82. The van der Waals surface area contributed by atoms with E-state index in [0.29, 0.717) is 6.61 Å². The topological polar surface area (TPSA) is 35.5 Å². The van der Waals surface area contributed by atoms with Crippen molar-refractivity contribution in [3.8, 4) is 0 Å². The third-order valence-corrected chi connectivity index (χ3v) is 2.50. The Balaban J connectivity index is 2.90. The maximum atomic E-state index is 11.4. The molecule has 0 spiro atoms. The van der Waals surface area contributed by atoms with Gasteiger partial charge in [-0.2, -0.15) is 0 Å². The van der Waals surface area contributed by atoms with E-state index in [-0.39, 0.29) is 17.5 Å². The fourth-order valence-electron chi connectivity index (χ4n) is 1.68. The van der Waals surface area contributed by atoms with Crippen LogP contribution in [0, 0.1) is 5.41 Å². The smallest absolute Gasteiger partial charge is 0.331 e. The highest BCUT2D eigenvalue weighted by Crippen LogP contribution is 2.33. The lowest BCUT2D eigenvalue weighted by Crippen LogP contribution is -2.22. The van der Waals surface area contributed by atoms with Crippen LogP contribution in [-0.4, -0.2) is 18.7 Å². The summed E-state index contributed by atoms with van der Waals surface area (Å²) in [6, 6.07) is 0. The van der Waals surface area contributed by atoms with Crippen LogP contribution in [0.4, 0.5) is 0 Å². The van der Waals surface area contributed by atoms with Crippen LogP contribution in [0.1, 0.15) is 41.0 Å². The number of carbonyl (C=O) groups is 1. The molecule has 0 aromatic carbocycles. The molecule has 0 saturated heterocycles. The van der Waals surface area contributed by atoms with Crippen LogP contribution in [0.2, 0.25) is 0 Å². The fourth-order valence-corrected chi connectivity index (χ4v) is 1.68. The molecule has 17 heavy (non-hydrogen) atoms. The van der Waals surface area contributed by atoms with E-state index in [9.17, 15) is 4.79 Å². The molecular weight excluding hydrogens is 216 g/mol. The summed E-state index contributed by atoms with van der Waals surface area (Å²) in [4.78, 5) is 11.4. The van der Waals surface area contributed by atoms with Crippen LogP contribution < -0.4 is 0 Å². The van der Waals surface area contributed by atoms with Crippen LogP contribution in [0.25, 0.3) is 0 Å². The Kier molecular flexibility index (Phi) is 4.38. The van der Waals surface area contributed by atoms with Gasteiger partial charge in [0.25, 0.3) is 0 Å². The van der Waals surface area contributed by atoms with Crippen LogP contribution in [-0.2, 0) is 14.3 Å². The SMILES string of the molecule is CCOC(=O)/C=C1\C=C(C(C)(C)C)OC(C)C1. The normalized spacial score (nSPS) is 23.0. The average molecular weight is 238 g/mol. The van der Waals surface area contributed by atoms with Crippen LogP contribution in [0.5, 0.6) is 0 Å². The van der Waals surface area contributed by atoms with Gasteiger partial charge in [0.15, 0.2) is 0 Å². The molecule has 3 heteroatoms. The first-order valence-electron chi connectivity index (χ1n) is 6.09. The van der Waals surface area contributed by atoms with Crippen molar-refractivity contribution in [1.82, 2.24) is 0 Å². The Hall–Kier alpha value is -1.25. The van der Waals surface area contributed by atoms with Crippen molar-refractivity contribution in [1.29, 1.82) is 0 Å². The van der Waals surface area contributed by atoms with Gasteiger partial charge in [-0.15, -0.1) is 0 Å². The molecule has 0 N–H and O–H groups in total. The molecule has 0 saturated carbocycles. The highest BCUT2D eigenvalue weighted by atomic mass is 16.5. The molecule has 0 aromatic heterocycles. The molecule has 0 radical (unpaired) electrons. The second-order valence-corrected chi connectivity index (χ2v) is 5.36. The molecule has 0 fully saturated rings. The van der Waals surface area contributed by atoms with Gasteiger partial charge in [0.2, 0.25) is 0 Å². The van der Waals surface area contributed by atoms with Gasteiger partial charge in [0, 0.05) is 17.9 Å². The standard InChI is InChI=1S/C14H22O3/c1-6-16-13(15)9-11-7-10(2)17-12(8-11)14(3,4)5/h8-10H,6-7H2,1-5H3/b11-9-. The number of rotatable bonds is 2. The third kappa shape index (κ3) is 4.25. The molecular formula is C14H22O3. The lowest BCUT2D eigenvalue weighted by Gasteiger charge is -2.31. The highest BCUT2D eigenvalue weighted by Gasteiger charge is 2.25. The molecule has 1 rings (SSSR count). The zero-order valence-electron chi connectivity index (χ0n) is 11.4. The summed E-state index contributed by atoms with van der Waals surface area (Å²) in [5, 5.41) is 0. The molecule has 1 aliphatic heterocycles. The number of hydrogen-bond donors (Lipinski definition) is 0. The summed E-state index contributed by atoms with van der Waals surface area (Å²) in [5.74, 6) is 0.646. The minimum absolute atomic E-state index is 0.0393. The molecule has 0 amide bonds. The van der Waals surface area contributed by atoms with E-state index in [1.165, 1.54) is 0 Å². The van der Waals surface area contributed by atoms with Gasteiger partial charge in [-0.3, -0.25) is 0 Å². The summed E-state index contributed by atoms with van der Waals surface area (Å²) in [6.07, 6.45) is 4.37. The van der Waals surface area contributed by atoms with E-state index < -0.39 is 0 Å². The zero-order chi connectivity index (χ0) is 13.1. The molecule has 1 atom stereocenters. The van der Waals surface area contributed by atoms with E-state index >= 15 is 0 Å². The molecule has 3 nitrogen and oxygen atoms in total. The van der Waals surface area contributed by atoms with Gasteiger partial charge in [0.05, 0.1) is 12.7 Å². The quantitative estimate of drug-likeness (QED) is 0.547. The van der Waals surface area contributed by atoms with Crippen molar-refractivity contribution >= 4 is 5.97 Å². The van der Waals surface area contributed by atoms with Crippen LogP contribution >= 0.6 is 0 Å². The van der Waals surface area contributed by atoms with Crippen molar-refractivity contribution in [3.05, 3.63) is 23.5 Å². The molecule has 1 aliphatic rings. The molecule has 1 unspecified atom stereocenters. The van der Waals surface area contributed by atoms with E-state index in [2.05, 4.69) is 20.8 Å². The van der Waals surface area contributed by atoms with Crippen LogP contribution in [0.15, 0.2) is 23.5 Å². The zero-order valence-corrected chi connectivity index (χ0v) is 11.4. The second kappa shape index (κ2) is 5.39. The average Bonchev–Trinajstić information content (AvgIpc) is 2.15. The minimum Gasteiger partial charge on any atom is -0.494 e. The maximum absolute atomic E-state index is 11.4. The Bertz CT molecular complexity index is 345. The fraction of sp³-hybridized carbons (Fsp3) is 0.643. The van der Waals surface area contributed by atoms with Crippen molar-refractivity contribution in [3.63, 3.8) is 0 Å². The molecule has 1 heterocycles. The van der Waals surface area contributed by atoms with E-state index in [0.717, 1.165) is 17.8 Å². The third-order valence-electron chi connectivity index (χ3n) is 2.50. The van der Waals surface area contributed by atoms with Crippen LogP contribution in [0.3, 0.4) is 0 Å². The Morgan fingerprint density at radius 1 is 1.59 bits per heavy atom. The van der Waals surface area contributed by atoms with Gasteiger partial charge in [-0.1, -0.05) is 20.8 Å². The van der Waals surface area contributed by atoms with Crippen molar-refractivity contribution in [2.75, 3.05) is 6.61 Å². The largest absolute Gasteiger partial charge is 0.494 e. The van der Waals surface area contributed by atoms with Gasteiger partial charge in [0.1, 0.15) is 5.76 Å². The molecule has 96 valence electrons. The van der Waals surface area contributed by atoms with E-state index in [1.54, 1.807) is 13.0 Å². The highest BCUT2D eigenvalue weighted by molar-refractivity contribution is 5.83. The van der Waals surface area contributed by atoms with Crippen molar-refractivity contribution in [2.45, 2.75) is 47.1 Å². The lowest BCUT2D eigenvalue weighted by atomic mass is 9.89. The van der Waals surface area contributed by atoms with Gasteiger partial charge >= 0.3 is 5.97 Å². The summed E-state index contributed by atoms with van der Waals surface area (Å²) >= 11 is 0. The summed E-state index contributed by atoms with van der Waals surface area (Å²) in [6.45, 7) is 10.5. The predicted octanol–water partition coefficient (Wildman–Crippen LogP) is 3.21. The maximum Gasteiger partial charge on any atom is 0.331 e. The summed E-state index contributed by atoms with van der Waals surface area (Å²) in [7, 11) is 0. The number of hydrogen-bond acceptors (Lipinski definition) is 3. The Labute approximate surface area is 103 Å². The van der Waals surface area contributed by atoms with Gasteiger partial charge in [-0.25, -0.2) is 4.79 Å². The number of carbonyl (C=O) groups excluding carboxylic acids is 1. The van der Waals surface area contributed by atoms with E-state index in [1.807, 2.05) is 13.0 Å². The van der Waals surface area contributed by atoms with Gasteiger partial charge < -0.3 is 9.47 Å². The lowest BCUT2D eigenvalue weighted by molar-refractivity contribution is -0.137.